The van der Waals surface area contributed by atoms with E-state index in [9.17, 15) is 9.59 Å². The smallest absolute Gasteiger partial charge is 0.320 e. The highest BCUT2D eigenvalue weighted by Crippen LogP contribution is 2.23. The molecule has 2 rings (SSSR count). The van der Waals surface area contributed by atoms with Gasteiger partial charge in [-0.3, -0.25) is 4.79 Å². The predicted molar refractivity (Wildman–Crippen MR) is 71.9 cm³/mol. The van der Waals surface area contributed by atoms with Crippen LogP contribution in [0.15, 0.2) is 0 Å². The molecule has 0 spiro atoms. The van der Waals surface area contributed by atoms with Gasteiger partial charge < -0.3 is 14.9 Å². The van der Waals surface area contributed by atoms with Crippen LogP contribution < -0.4 is 0 Å². The van der Waals surface area contributed by atoms with Crippen molar-refractivity contribution in [1.82, 2.24) is 9.80 Å². The first-order valence-corrected chi connectivity index (χ1v) is 7.38. The lowest BCUT2D eigenvalue weighted by molar-refractivity contribution is -0.143. The summed E-state index contributed by atoms with van der Waals surface area (Å²) >= 11 is 0. The van der Waals surface area contributed by atoms with Crippen LogP contribution in [0.4, 0.5) is 4.79 Å². The minimum atomic E-state index is -0.775. The van der Waals surface area contributed by atoms with Gasteiger partial charge >= 0.3 is 12.0 Å². The van der Waals surface area contributed by atoms with E-state index < -0.39 is 5.97 Å². The van der Waals surface area contributed by atoms with E-state index in [2.05, 4.69) is 6.92 Å². The van der Waals surface area contributed by atoms with Crippen LogP contribution in [0.3, 0.4) is 0 Å². The number of carboxylic acids is 1. The highest BCUT2D eigenvalue weighted by Gasteiger charge is 2.32. The summed E-state index contributed by atoms with van der Waals surface area (Å²) in [7, 11) is 0. The van der Waals surface area contributed by atoms with Gasteiger partial charge in [0.2, 0.25) is 0 Å². The van der Waals surface area contributed by atoms with Crippen LogP contribution in [0, 0.1) is 11.8 Å². The van der Waals surface area contributed by atoms with Gasteiger partial charge in [0, 0.05) is 26.2 Å². The van der Waals surface area contributed by atoms with E-state index in [0.29, 0.717) is 25.4 Å². The summed E-state index contributed by atoms with van der Waals surface area (Å²) in [5, 5.41) is 9.08. The first-order valence-electron chi connectivity index (χ1n) is 7.38. The van der Waals surface area contributed by atoms with Crippen LogP contribution >= 0.6 is 0 Å². The van der Waals surface area contributed by atoms with Crippen molar-refractivity contribution in [2.24, 2.45) is 11.8 Å². The number of carbonyl (C=O) groups is 2. The highest BCUT2D eigenvalue weighted by molar-refractivity contribution is 5.76. The Morgan fingerprint density at radius 1 is 1.11 bits per heavy atom. The summed E-state index contributed by atoms with van der Waals surface area (Å²) in [6.45, 7) is 4.91. The van der Waals surface area contributed by atoms with Crippen LogP contribution in [0.2, 0.25) is 0 Å². The summed E-state index contributed by atoms with van der Waals surface area (Å²) in [6, 6.07) is 0.0455. The first kappa shape index (κ1) is 14.2. The molecule has 19 heavy (non-hydrogen) atoms. The van der Waals surface area contributed by atoms with Crippen LogP contribution in [0.1, 0.15) is 39.0 Å². The van der Waals surface area contributed by atoms with Crippen LogP contribution in [0.5, 0.6) is 0 Å². The largest absolute Gasteiger partial charge is 0.481 e. The zero-order valence-corrected chi connectivity index (χ0v) is 11.7. The summed E-state index contributed by atoms with van der Waals surface area (Å²) in [5.41, 5.74) is 0. The fraction of sp³-hybridized carbons (Fsp3) is 0.857. The molecule has 0 aromatic carbocycles. The van der Waals surface area contributed by atoms with Crippen molar-refractivity contribution in [3.63, 3.8) is 0 Å². The lowest BCUT2D eigenvalue weighted by Crippen LogP contribution is -2.51. The number of hydrogen-bond donors (Lipinski definition) is 1. The minimum absolute atomic E-state index is 0.0455. The average molecular weight is 268 g/mol. The van der Waals surface area contributed by atoms with Crippen LogP contribution in [-0.2, 0) is 4.79 Å². The van der Waals surface area contributed by atoms with E-state index in [4.69, 9.17) is 5.11 Å². The molecule has 0 aromatic heterocycles. The van der Waals surface area contributed by atoms with Gasteiger partial charge in [0.05, 0.1) is 5.92 Å². The van der Waals surface area contributed by atoms with E-state index in [1.807, 2.05) is 4.90 Å². The number of urea groups is 1. The molecule has 5 heteroatoms. The Morgan fingerprint density at radius 2 is 1.74 bits per heavy atom. The van der Waals surface area contributed by atoms with E-state index >= 15 is 0 Å². The Labute approximate surface area is 114 Å². The number of piperidine rings is 2. The molecule has 0 saturated carbocycles. The van der Waals surface area contributed by atoms with Crippen molar-refractivity contribution in [2.75, 3.05) is 26.2 Å². The number of hydrogen-bond acceptors (Lipinski definition) is 2. The molecule has 2 atom stereocenters. The normalized spacial score (nSPS) is 28.3. The molecule has 5 nitrogen and oxygen atoms in total. The molecule has 0 radical (unpaired) electrons. The number of rotatable bonds is 2. The number of carbonyl (C=O) groups excluding carboxylic acids is 1. The molecule has 0 bridgehead atoms. The fourth-order valence-electron chi connectivity index (χ4n) is 3.12. The molecular weight excluding hydrogens is 244 g/mol. The summed E-state index contributed by atoms with van der Waals surface area (Å²) in [5.74, 6) is -0.551. The average Bonchev–Trinajstić information content (AvgIpc) is 2.46. The second kappa shape index (κ2) is 6.26. The maximum Gasteiger partial charge on any atom is 0.320 e. The highest BCUT2D eigenvalue weighted by atomic mass is 16.4. The Bertz CT molecular complexity index is 346. The maximum atomic E-state index is 12.4. The number of likely N-dealkylation sites (tertiary alicyclic amines) is 2. The molecule has 2 saturated heterocycles. The summed E-state index contributed by atoms with van der Waals surface area (Å²) in [4.78, 5) is 27.1. The molecule has 1 N–H and O–H groups in total. The SMILES string of the molecule is CCC1CCCN(C(=O)N2CCC[C@H](C(=O)O)C2)C1. The molecule has 2 fully saturated rings. The standard InChI is InChI=1S/C14H24N2O3/c1-2-11-5-3-7-15(9-11)14(19)16-8-4-6-12(10-16)13(17)18/h11-12H,2-10H2,1H3,(H,17,18)/t11?,12-/m0/s1. The molecule has 2 aliphatic heterocycles. The molecule has 2 aliphatic rings. The number of aliphatic carboxylic acids is 1. The Morgan fingerprint density at radius 3 is 2.37 bits per heavy atom. The molecule has 0 aromatic rings. The summed E-state index contributed by atoms with van der Waals surface area (Å²) < 4.78 is 0. The quantitative estimate of drug-likeness (QED) is 0.833. The van der Waals surface area contributed by atoms with E-state index in [1.165, 1.54) is 6.42 Å². The number of carboxylic acid groups (broad SMARTS) is 1. The minimum Gasteiger partial charge on any atom is -0.481 e. The van der Waals surface area contributed by atoms with Crippen LogP contribution in [0.25, 0.3) is 0 Å². The Kier molecular flexibility index (Phi) is 4.66. The number of nitrogens with zero attached hydrogens (tertiary/aromatic N) is 2. The van der Waals surface area contributed by atoms with Crippen molar-refractivity contribution in [3.8, 4) is 0 Å². The predicted octanol–water partition coefficient (Wildman–Crippen LogP) is 2.03. The second-order valence-electron chi connectivity index (χ2n) is 5.77. The van der Waals surface area contributed by atoms with Crippen molar-refractivity contribution in [3.05, 3.63) is 0 Å². The van der Waals surface area contributed by atoms with Crippen molar-refractivity contribution < 1.29 is 14.7 Å². The van der Waals surface area contributed by atoms with E-state index in [0.717, 1.165) is 32.4 Å². The maximum absolute atomic E-state index is 12.4. The van der Waals surface area contributed by atoms with Gasteiger partial charge in [-0.05, 0) is 31.6 Å². The molecule has 1 unspecified atom stereocenters. The third-order valence-electron chi connectivity index (χ3n) is 4.41. The van der Waals surface area contributed by atoms with E-state index in [1.54, 1.807) is 4.90 Å². The molecular formula is C14H24N2O3. The Balaban J connectivity index is 1.93. The third-order valence-corrected chi connectivity index (χ3v) is 4.41. The van der Waals surface area contributed by atoms with Crippen molar-refractivity contribution in [2.45, 2.75) is 39.0 Å². The van der Waals surface area contributed by atoms with Crippen molar-refractivity contribution >= 4 is 12.0 Å². The molecule has 0 aliphatic carbocycles. The monoisotopic (exact) mass is 268 g/mol. The zero-order chi connectivity index (χ0) is 13.8. The van der Waals surface area contributed by atoms with Crippen LogP contribution in [-0.4, -0.2) is 53.1 Å². The topological polar surface area (TPSA) is 60.9 Å². The second-order valence-corrected chi connectivity index (χ2v) is 5.77. The van der Waals surface area contributed by atoms with Gasteiger partial charge in [-0.15, -0.1) is 0 Å². The van der Waals surface area contributed by atoms with Gasteiger partial charge in [0.25, 0.3) is 0 Å². The van der Waals surface area contributed by atoms with Crippen molar-refractivity contribution in [1.29, 1.82) is 0 Å². The molecule has 108 valence electrons. The zero-order valence-electron chi connectivity index (χ0n) is 11.7. The fourth-order valence-corrected chi connectivity index (χ4v) is 3.12. The Hall–Kier alpha value is -1.26. The van der Waals surface area contributed by atoms with Gasteiger partial charge in [-0.2, -0.15) is 0 Å². The molecule has 2 heterocycles. The first-order chi connectivity index (χ1) is 9.11. The third kappa shape index (κ3) is 3.39. The lowest BCUT2D eigenvalue weighted by atomic mass is 9.95. The van der Waals surface area contributed by atoms with E-state index in [-0.39, 0.29) is 11.9 Å². The van der Waals surface area contributed by atoms with Gasteiger partial charge in [0.1, 0.15) is 0 Å². The van der Waals surface area contributed by atoms with Gasteiger partial charge in [0.15, 0.2) is 0 Å². The lowest BCUT2D eigenvalue weighted by Gasteiger charge is -2.38. The molecule has 2 amide bonds. The number of amides is 2. The van der Waals surface area contributed by atoms with Gasteiger partial charge in [-0.1, -0.05) is 13.3 Å². The van der Waals surface area contributed by atoms with Gasteiger partial charge in [-0.25, -0.2) is 4.79 Å². The summed E-state index contributed by atoms with van der Waals surface area (Å²) in [6.07, 6.45) is 4.88.